The fourth-order valence-corrected chi connectivity index (χ4v) is 1.97. The molecule has 0 radical (unpaired) electrons. The van der Waals surface area contributed by atoms with E-state index < -0.39 is 0 Å². The SMILES string of the molecule is Cc1ccc2oc(C(=O)NCCCCCl)cc2c1. The Morgan fingerprint density at radius 3 is 2.94 bits per heavy atom. The van der Waals surface area contributed by atoms with Crippen LogP contribution in [0.25, 0.3) is 11.0 Å². The fraction of sp³-hybridized carbons (Fsp3) is 0.357. The molecule has 1 aromatic heterocycles. The van der Waals surface area contributed by atoms with Gasteiger partial charge in [-0.3, -0.25) is 4.79 Å². The van der Waals surface area contributed by atoms with Gasteiger partial charge in [-0.2, -0.15) is 0 Å². The van der Waals surface area contributed by atoms with Crippen LogP contribution in [0, 0.1) is 6.92 Å². The second-order valence-corrected chi connectivity index (χ2v) is 4.68. The maximum atomic E-state index is 11.8. The molecule has 0 aliphatic heterocycles. The second kappa shape index (κ2) is 5.91. The zero-order chi connectivity index (χ0) is 13.0. The number of benzene rings is 1. The number of halogens is 1. The number of carbonyl (C=O) groups is 1. The van der Waals surface area contributed by atoms with Crippen LogP contribution >= 0.6 is 11.6 Å². The number of fused-ring (bicyclic) bond motifs is 1. The van der Waals surface area contributed by atoms with Gasteiger partial charge in [0.2, 0.25) is 0 Å². The van der Waals surface area contributed by atoms with Crippen LogP contribution in [0.2, 0.25) is 0 Å². The van der Waals surface area contributed by atoms with E-state index in [9.17, 15) is 4.79 Å². The van der Waals surface area contributed by atoms with Gasteiger partial charge in [0.05, 0.1) is 0 Å². The van der Waals surface area contributed by atoms with E-state index in [1.54, 1.807) is 6.07 Å². The van der Waals surface area contributed by atoms with E-state index in [0.717, 1.165) is 29.4 Å². The van der Waals surface area contributed by atoms with Crippen LogP contribution in [-0.2, 0) is 0 Å². The van der Waals surface area contributed by atoms with Crippen molar-refractivity contribution in [1.29, 1.82) is 0 Å². The van der Waals surface area contributed by atoms with Crippen molar-refractivity contribution >= 4 is 28.5 Å². The van der Waals surface area contributed by atoms with Gasteiger partial charge >= 0.3 is 0 Å². The van der Waals surface area contributed by atoms with Crippen LogP contribution in [-0.4, -0.2) is 18.3 Å². The Labute approximate surface area is 111 Å². The van der Waals surface area contributed by atoms with Crippen molar-refractivity contribution in [2.24, 2.45) is 0 Å². The van der Waals surface area contributed by atoms with Crippen LogP contribution in [0.5, 0.6) is 0 Å². The molecule has 1 N–H and O–H groups in total. The van der Waals surface area contributed by atoms with Crippen LogP contribution < -0.4 is 5.32 Å². The molecule has 0 aliphatic rings. The number of alkyl halides is 1. The summed E-state index contributed by atoms with van der Waals surface area (Å²) < 4.78 is 5.50. The normalized spacial score (nSPS) is 10.8. The molecule has 96 valence electrons. The Morgan fingerprint density at radius 1 is 1.33 bits per heavy atom. The number of hydrogen-bond acceptors (Lipinski definition) is 2. The Hall–Kier alpha value is -1.48. The van der Waals surface area contributed by atoms with Crippen LogP contribution in [0.1, 0.15) is 29.0 Å². The summed E-state index contributed by atoms with van der Waals surface area (Å²) in [4.78, 5) is 11.8. The molecule has 2 aromatic rings. The highest BCUT2D eigenvalue weighted by Gasteiger charge is 2.11. The lowest BCUT2D eigenvalue weighted by atomic mass is 10.2. The molecular formula is C14H16ClNO2. The van der Waals surface area contributed by atoms with E-state index in [4.69, 9.17) is 16.0 Å². The Kier molecular flexibility index (Phi) is 4.26. The van der Waals surface area contributed by atoms with Gasteiger partial charge in [0.15, 0.2) is 5.76 Å². The van der Waals surface area contributed by atoms with Crippen LogP contribution in [0.3, 0.4) is 0 Å². The predicted octanol–water partition coefficient (Wildman–Crippen LogP) is 3.49. The maximum Gasteiger partial charge on any atom is 0.287 e. The lowest BCUT2D eigenvalue weighted by Crippen LogP contribution is -2.23. The standard InChI is InChI=1S/C14H16ClNO2/c1-10-4-5-12-11(8-10)9-13(18-12)14(17)16-7-3-2-6-15/h4-5,8-9H,2-3,6-7H2,1H3,(H,16,17). The highest BCUT2D eigenvalue weighted by atomic mass is 35.5. The first-order chi connectivity index (χ1) is 8.70. The molecule has 3 nitrogen and oxygen atoms in total. The quantitative estimate of drug-likeness (QED) is 0.664. The summed E-state index contributed by atoms with van der Waals surface area (Å²) in [7, 11) is 0. The summed E-state index contributed by atoms with van der Waals surface area (Å²) in [5, 5.41) is 3.78. The number of carbonyl (C=O) groups excluding carboxylic acids is 1. The van der Waals surface area contributed by atoms with Crippen LogP contribution in [0.15, 0.2) is 28.7 Å². The summed E-state index contributed by atoms with van der Waals surface area (Å²) in [5.41, 5.74) is 1.89. The highest BCUT2D eigenvalue weighted by Crippen LogP contribution is 2.20. The summed E-state index contributed by atoms with van der Waals surface area (Å²) in [5.74, 6) is 0.819. The number of furan rings is 1. The molecule has 0 bridgehead atoms. The molecule has 0 atom stereocenters. The lowest BCUT2D eigenvalue weighted by Gasteiger charge is -2.00. The van der Waals surface area contributed by atoms with Crippen molar-refractivity contribution < 1.29 is 9.21 Å². The third kappa shape index (κ3) is 3.05. The molecule has 0 unspecified atom stereocenters. The van der Waals surface area contributed by atoms with E-state index >= 15 is 0 Å². The lowest BCUT2D eigenvalue weighted by molar-refractivity contribution is 0.0927. The van der Waals surface area contributed by atoms with Gasteiger partial charge in [-0.15, -0.1) is 11.6 Å². The maximum absolute atomic E-state index is 11.8. The summed E-state index contributed by atoms with van der Waals surface area (Å²) in [6.45, 7) is 2.64. The van der Waals surface area contributed by atoms with Gasteiger partial charge in [-0.1, -0.05) is 11.6 Å². The molecule has 1 heterocycles. The minimum atomic E-state index is -0.168. The molecular weight excluding hydrogens is 250 g/mol. The Balaban J connectivity index is 2.04. The largest absolute Gasteiger partial charge is 0.451 e. The Morgan fingerprint density at radius 2 is 2.17 bits per heavy atom. The molecule has 0 saturated carbocycles. The average molecular weight is 266 g/mol. The zero-order valence-corrected chi connectivity index (χ0v) is 11.1. The summed E-state index contributed by atoms with van der Waals surface area (Å²) >= 11 is 5.57. The highest BCUT2D eigenvalue weighted by molar-refractivity contribution is 6.17. The predicted molar refractivity (Wildman–Crippen MR) is 73.2 cm³/mol. The monoisotopic (exact) mass is 265 g/mol. The molecule has 4 heteroatoms. The van der Waals surface area contributed by atoms with Gasteiger partial charge in [0.1, 0.15) is 5.58 Å². The molecule has 0 fully saturated rings. The van der Waals surface area contributed by atoms with E-state index in [2.05, 4.69) is 5.32 Å². The smallest absolute Gasteiger partial charge is 0.287 e. The van der Waals surface area contributed by atoms with Crippen molar-refractivity contribution in [3.8, 4) is 0 Å². The number of nitrogens with one attached hydrogen (secondary N) is 1. The molecule has 18 heavy (non-hydrogen) atoms. The number of amides is 1. The summed E-state index contributed by atoms with van der Waals surface area (Å²) in [6.07, 6.45) is 1.79. The summed E-state index contributed by atoms with van der Waals surface area (Å²) in [6, 6.07) is 7.63. The minimum absolute atomic E-state index is 0.168. The van der Waals surface area contributed by atoms with Gasteiger partial charge in [-0.05, 0) is 38.0 Å². The molecule has 0 aliphatic carbocycles. The number of aryl methyl sites for hydroxylation is 1. The molecule has 1 amide bonds. The second-order valence-electron chi connectivity index (χ2n) is 4.30. The van der Waals surface area contributed by atoms with E-state index in [0.29, 0.717) is 18.2 Å². The van der Waals surface area contributed by atoms with Crippen molar-refractivity contribution in [3.63, 3.8) is 0 Å². The topological polar surface area (TPSA) is 42.2 Å². The van der Waals surface area contributed by atoms with Crippen molar-refractivity contribution in [2.45, 2.75) is 19.8 Å². The van der Waals surface area contributed by atoms with Gasteiger partial charge in [-0.25, -0.2) is 0 Å². The van der Waals surface area contributed by atoms with Crippen LogP contribution in [0.4, 0.5) is 0 Å². The van der Waals surface area contributed by atoms with Crippen molar-refractivity contribution in [2.75, 3.05) is 12.4 Å². The van der Waals surface area contributed by atoms with Gasteiger partial charge in [0, 0.05) is 17.8 Å². The first-order valence-corrected chi connectivity index (χ1v) is 6.58. The molecule has 1 aromatic carbocycles. The first-order valence-electron chi connectivity index (χ1n) is 6.05. The number of unbranched alkanes of at least 4 members (excludes halogenated alkanes) is 1. The molecule has 0 spiro atoms. The third-order valence-corrected chi connectivity index (χ3v) is 3.01. The number of rotatable bonds is 5. The Bertz CT molecular complexity index is 548. The molecule has 2 rings (SSSR count). The average Bonchev–Trinajstić information content (AvgIpc) is 2.77. The van der Waals surface area contributed by atoms with E-state index in [1.165, 1.54) is 0 Å². The van der Waals surface area contributed by atoms with Gasteiger partial charge < -0.3 is 9.73 Å². The van der Waals surface area contributed by atoms with E-state index in [-0.39, 0.29) is 5.91 Å². The third-order valence-electron chi connectivity index (χ3n) is 2.74. The van der Waals surface area contributed by atoms with Crippen molar-refractivity contribution in [1.82, 2.24) is 5.32 Å². The minimum Gasteiger partial charge on any atom is -0.451 e. The number of hydrogen-bond donors (Lipinski definition) is 1. The van der Waals surface area contributed by atoms with E-state index in [1.807, 2.05) is 25.1 Å². The zero-order valence-electron chi connectivity index (χ0n) is 10.3. The van der Waals surface area contributed by atoms with Crippen molar-refractivity contribution in [3.05, 3.63) is 35.6 Å². The first kappa shape index (κ1) is 13.0. The fourth-order valence-electron chi connectivity index (χ4n) is 1.78. The van der Waals surface area contributed by atoms with Gasteiger partial charge in [0.25, 0.3) is 5.91 Å². The molecule has 0 saturated heterocycles.